The van der Waals surface area contributed by atoms with Crippen molar-refractivity contribution in [2.24, 2.45) is 5.73 Å². The molecule has 0 bridgehead atoms. The van der Waals surface area contributed by atoms with E-state index in [1.165, 1.54) is 6.07 Å². The zero-order valence-electron chi connectivity index (χ0n) is 15.6. The maximum absolute atomic E-state index is 14.8. The van der Waals surface area contributed by atoms with Crippen LogP contribution in [0.5, 0.6) is 0 Å². The van der Waals surface area contributed by atoms with Crippen LogP contribution in [-0.2, 0) is 0 Å². The molecule has 6 nitrogen and oxygen atoms in total. The first-order chi connectivity index (χ1) is 13.9. The lowest BCUT2D eigenvalue weighted by atomic mass is 9.96. The van der Waals surface area contributed by atoms with Gasteiger partial charge in [-0.15, -0.1) is 0 Å². The van der Waals surface area contributed by atoms with Gasteiger partial charge in [0.25, 0.3) is 0 Å². The average molecular weight is 387 g/mol. The number of benzene rings is 2. The van der Waals surface area contributed by atoms with Crippen molar-refractivity contribution < 1.29 is 9.18 Å². The molecule has 0 aliphatic heterocycles. The summed E-state index contributed by atoms with van der Waals surface area (Å²) in [4.78, 5) is 23.3. The van der Waals surface area contributed by atoms with Crippen LogP contribution in [0.2, 0.25) is 0 Å². The lowest BCUT2D eigenvalue weighted by molar-refractivity contribution is 0.100. The molecule has 0 aliphatic rings. The minimum atomic E-state index is -0.565. The van der Waals surface area contributed by atoms with Gasteiger partial charge in [0.2, 0.25) is 11.9 Å². The molecule has 0 unspecified atom stereocenters. The van der Waals surface area contributed by atoms with Crippen LogP contribution in [0, 0.1) is 12.7 Å². The van der Waals surface area contributed by atoms with Crippen LogP contribution in [0.15, 0.2) is 60.8 Å². The molecule has 4 aromatic rings. The predicted molar refractivity (Wildman–Crippen MR) is 110 cm³/mol. The molecule has 0 saturated carbocycles. The van der Waals surface area contributed by atoms with E-state index in [2.05, 4.69) is 15.0 Å². The standard InChI is InChI=1S/C22H18FN5O/c1-12-6-7-15(17(23)10-12)20-16(13-4-2-3-5-14(13)21(24)29)11-19(27-20)18-8-9-26-22(25)28-18/h2-11,27H,1H3,(H2,24,29)(H2,25,26,28). The number of nitrogens with one attached hydrogen (secondary N) is 1. The molecule has 7 heteroatoms. The minimum absolute atomic E-state index is 0.124. The topological polar surface area (TPSA) is 111 Å². The second-order valence-electron chi connectivity index (χ2n) is 6.66. The molecule has 1 amide bonds. The minimum Gasteiger partial charge on any atom is -0.368 e. The monoisotopic (exact) mass is 387 g/mol. The third-order valence-electron chi connectivity index (χ3n) is 4.64. The number of H-pyrrole nitrogens is 1. The molecule has 5 N–H and O–H groups in total. The fraction of sp³-hybridized carbons (Fsp3) is 0.0455. The number of rotatable bonds is 4. The van der Waals surface area contributed by atoms with Crippen LogP contribution in [0.25, 0.3) is 33.8 Å². The first-order valence-electron chi connectivity index (χ1n) is 8.91. The Labute approximate surface area is 166 Å². The normalized spacial score (nSPS) is 10.8. The molecule has 0 aliphatic carbocycles. The number of carbonyl (C=O) groups is 1. The van der Waals surface area contributed by atoms with Crippen molar-refractivity contribution >= 4 is 11.9 Å². The number of hydrogen-bond acceptors (Lipinski definition) is 4. The highest BCUT2D eigenvalue weighted by Gasteiger charge is 2.20. The van der Waals surface area contributed by atoms with E-state index < -0.39 is 5.91 Å². The third kappa shape index (κ3) is 3.45. The van der Waals surface area contributed by atoms with Crippen molar-refractivity contribution in [3.63, 3.8) is 0 Å². The number of aromatic amines is 1. The maximum Gasteiger partial charge on any atom is 0.249 e. The van der Waals surface area contributed by atoms with Crippen LogP contribution in [0.3, 0.4) is 0 Å². The number of anilines is 1. The van der Waals surface area contributed by atoms with E-state index in [4.69, 9.17) is 11.5 Å². The highest BCUT2D eigenvalue weighted by molar-refractivity contribution is 6.02. The SMILES string of the molecule is Cc1ccc(-c2[nH]c(-c3ccnc(N)n3)cc2-c2ccccc2C(N)=O)c(F)c1. The summed E-state index contributed by atoms with van der Waals surface area (Å²) in [6, 6.07) is 15.4. The van der Waals surface area contributed by atoms with Gasteiger partial charge in [-0.1, -0.05) is 24.3 Å². The Bertz CT molecular complexity index is 1230. The Balaban J connectivity index is 2.00. The van der Waals surface area contributed by atoms with Gasteiger partial charge in [0.15, 0.2) is 0 Å². The van der Waals surface area contributed by atoms with Crippen molar-refractivity contribution in [1.82, 2.24) is 15.0 Å². The van der Waals surface area contributed by atoms with Gasteiger partial charge < -0.3 is 16.5 Å². The molecule has 0 saturated heterocycles. The number of nitrogen functional groups attached to an aromatic ring is 1. The zero-order chi connectivity index (χ0) is 20.5. The van der Waals surface area contributed by atoms with Gasteiger partial charge in [0, 0.05) is 22.9 Å². The number of hydrogen-bond donors (Lipinski definition) is 3. The Morgan fingerprint density at radius 2 is 1.83 bits per heavy atom. The van der Waals surface area contributed by atoms with Crippen molar-refractivity contribution in [3.05, 3.63) is 77.7 Å². The summed E-state index contributed by atoms with van der Waals surface area (Å²) >= 11 is 0. The number of aromatic nitrogens is 3. The molecule has 0 radical (unpaired) electrons. The van der Waals surface area contributed by atoms with Crippen molar-refractivity contribution in [2.75, 3.05) is 5.73 Å². The molecule has 2 aromatic heterocycles. The van der Waals surface area contributed by atoms with Crippen LogP contribution in [0.1, 0.15) is 15.9 Å². The Hall–Kier alpha value is -4.00. The van der Waals surface area contributed by atoms with Crippen molar-refractivity contribution in [1.29, 1.82) is 0 Å². The lowest BCUT2D eigenvalue weighted by Gasteiger charge is -2.09. The van der Waals surface area contributed by atoms with Gasteiger partial charge in [0.1, 0.15) is 5.82 Å². The summed E-state index contributed by atoms with van der Waals surface area (Å²) < 4.78 is 14.8. The number of aryl methyl sites for hydroxylation is 1. The van der Waals surface area contributed by atoms with Gasteiger partial charge in [0.05, 0.1) is 17.1 Å². The second-order valence-corrected chi connectivity index (χ2v) is 6.66. The average Bonchev–Trinajstić information content (AvgIpc) is 3.13. The van der Waals surface area contributed by atoms with E-state index in [-0.39, 0.29) is 11.8 Å². The first kappa shape index (κ1) is 18.4. The number of halogens is 1. The molecule has 0 spiro atoms. The molecular weight excluding hydrogens is 369 g/mol. The zero-order valence-corrected chi connectivity index (χ0v) is 15.6. The van der Waals surface area contributed by atoms with Crippen LogP contribution >= 0.6 is 0 Å². The first-order valence-corrected chi connectivity index (χ1v) is 8.91. The van der Waals surface area contributed by atoms with Crippen molar-refractivity contribution in [3.8, 4) is 33.8 Å². The molecule has 29 heavy (non-hydrogen) atoms. The highest BCUT2D eigenvalue weighted by Crippen LogP contribution is 2.38. The van der Waals surface area contributed by atoms with Crippen LogP contribution < -0.4 is 11.5 Å². The van der Waals surface area contributed by atoms with Gasteiger partial charge in [-0.25, -0.2) is 14.4 Å². The maximum atomic E-state index is 14.8. The van der Waals surface area contributed by atoms with Gasteiger partial charge in [-0.05, 0) is 48.4 Å². The summed E-state index contributed by atoms with van der Waals surface area (Å²) in [7, 11) is 0. The fourth-order valence-corrected chi connectivity index (χ4v) is 3.30. The predicted octanol–water partition coefficient (Wildman–Crippen LogP) is 3.93. The molecule has 144 valence electrons. The van der Waals surface area contributed by atoms with Gasteiger partial charge in [-0.2, -0.15) is 0 Å². The Morgan fingerprint density at radius 3 is 2.55 bits per heavy atom. The van der Waals surface area contributed by atoms with Crippen LogP contribution in [0.4, 0.5) is 10.3 Å². The molecular formula is C22H18FN5O. The van der Waals surface area contributed by atoms with E-state index in [1.54, 1.807) is 48.7 Å². The summed E-state index contributed by atoms with van der Waals surface area (Å²) in [6.07, 6.45) is 1.54. The summed E-state index contributed by atoms with van der Waals surface area (Å²) in [6.45, 7) is 1.82. The van der Waals surface area contributed by atoms with Crippen molar-refractivity contribution in [2.45, 2.75) is 6.92 Å². The van der Waals surface area contributed by atoms with E-state index in [0.717, 1.165) is 5.56 Å². The quantitative estimate of drug-likeness (QED) is 0.492. The molecule has 2 heterocycles. The smallest absolute Gasteiger partial charge is 0.249 e. The molecule has 2 aromatic carbocycles. The highest BCUT2D eigenvalue weighted by atomic mass is 19.1. The van der Waals surface area contributed by atoms with E-state index in [9.17, 15) is 9.18 Å². The number of nitrogens with zero attached hydrogens (tertiary/aromatic N) is 2. The van der Waals surface area contributed by atoms with Gasteiger partial charge in [-0.3, -0.25) is 4.79 Å². The number of carbonyl (C=O) groups excluding carboxylic acids is 1. The molecule has 0 atom stereocenters. The lowest BCUT2D eigenvalue weighted by Crippen LogP contribution is -2.12. The summed E-state index contributed by atoms with van der Waals surface area (Å²) in [5.74, 6) is -0.817. The van der Waals surface area contributed by atoms with Crippen LogP contribution in [-0.4, -0.2) is 20.9 Å². The fourth-order valence-electron chi connectivity index (χ4n) is 3.30. The largest absolute Gasteiger partial charge is 0.368 e. The number of nitrogens with two attached hydrogens (primary N) is 2. The van der Waals surface area contributed by atoms with E-state index >= 15 is 0 Å². The third-order valence-corrected chi connectivity index (χ3v) is 4.64. The number of amides is 1. The van der Waals surface area contributed by atoms with E-state index in [0.29, 0.717) is 39.3 Å². The molecule has 4 rings (SSSR count). The number of primary amides is 1. The Morgan fingerprint density at radius 1 is 1.03 bits per heavy atom. The Kier molecular flexibility index (Phi) is 4.56. The van der Waals surface area contributed by atoms with Gasteiger partial charge >= 0.3 is 0 Å². The summed E-state index contributed by atoms with van der Waals surface area (Å²) in [5, 5.41) is 0. The summed E-state index contributed by atoms with van der Waals surface area (Å²) in [5.41, 5.74) is 15.7. The van der Waals surface area contributed by atoms with E-state index in [1.807, 2.05) is 13.0 Å². The second kappa shape index (κ2) is 7.20. The molecule has 0 fully saturated rings.